The van der Waals surface area contributed by atoms with Crippen LogP contribution >= 0.6 is 0 Å². The number of carbonyl (C=O) groups is 1. The molecule has 0 rings (SSSR count). The highest BCUT2D eigenvalue weighted by molar-refractivity contribution is 6.81. The van der Waals surface area contributed by atoms with Gasteiger partial charge >= 0.3 is 0 Å². The van der Waals surface area contributed by atoms with E-state index in [0.717, 1.165) is 12.5 Å². The van der Waals surface area contributed by atoms with E-state index in [0.29, 0.717) is 0 Å². The Hall–Kier alpha value is 0.134. The first-order valence-corrected chi connectivity index (χ1v) is 24.2. The molecule has 1 N–H and O–H groups in total. The summed E-state index contributed by atoms with van der Waals surface area (Å²) in [7, 11) is -7.36. The van der Waals surface area contributed by atoms with Crippen molar-refractivity contribution < 1.29 is 22.5 Å². The molecule has 0 heterocycles. The zero-order chi connectivity index (χ0) is 25.5. The van der Waals surface area contributed by atoms with Gasteiger partial charge in [-0.15, -0.1) is 0 Å². The second-order valence-corrected chi connectivity index (χ2v) is 23.2. The molecule has 0 saturated heterocycles. The van der Waals surface area contributed by atoms with Crippen molar-refractivity contribution in [1.82, 2.24) is 5.32 Å². The van der Waals surface area contributed by atoms with Crippen LogP contribution in [0.3, 0.4) is 0 Å². The van der Waals surface area contributed by atoms with Crippen molar-refractivity contribution in [2.75, 3.05) is 0 Å². The fourth-order valence-corrected chi connectivity index (χ4v) is 14.3. The van der Waals surface area contributed by atoms with Crippen LogP contribution in [0.15, 0.2) is 12.7 Å². The van der Waals surface area contributed by atoms with E-state index in [1.807, 2.05) is 13.8 Å². The lowest BCUT2D eigenvalue weighted by Crippen LogP contribution is -2.83. The van der Waals surface area contributed by atoms with Crippen LogP contribution < -0.4 is 5.32 Å². The number of nitrogens with one attached hydrogen (secondary N) is 1. The summed E-state index contributed by atoms with van der Waals surface area (Å²) in [5.41, 5.74) is -2.01. The molecule has 32 heavy (non-hydrogen) atoms. The molecule has 1 amide bonds. The summed E-state index contributed by atoms with van der Waals surface area (Å²) in [6.45, 7) is 31.3. The Kier molecular flexibility index (Phi) is 12.8. The van der Waals surface area contributed by atoms with Gasteiger partial charge in [-0.25, -0.2) is 0 Å². The average molecular weight is 534 g/mol. The van der Waals surface area contributed by atoms with Gasteiger partial charge in [-0.1, -0.05) is 39.1 Å². The minimum atomic E-state index is -2.34. The molecule has 0 spiro atoms. The molecular formula is C21H47NO5Si5. The molecule has 11 heteroatoms. The summed E-state index contributed by atoms with van der Waals surface area (Å²) < 4.78 is 27.9. The Balaban J connectivity index is 7.60. The van der Waals surface area contributed by atoms with Crippen LogP contribution in [0.2, 0.25) is 71.5 Å². The van der Waals surface area contributed by atoms with Crippen LogP contribution in [0.1, 0.15) is 27.2 Å². The Labute approximate surface area is 205 Å². The van der Waals surface area contributed by atoms with Gasteiger partial charge in [0.15, 0.2) is 5.41 Å². The molecule has 0 aliphatic heterocycles. The van der Waals surface area contributed by atoms with Gasteiger partial charge in [0.25, 0.3) is 0 Å². The van der Waals surface area contributed by atoms with Gasteiger partial charge in [-0.2, -0.15) is 0 Å². The van der Waals surface area contributed by atoms with Gasteiger partial charge in [0, 0.05) is 0 Å². The van der Waals surface area contributed by atoms with Crippen LogP contribution in [0, 0.1) is 0 Å². The Bertz CT molecular complexity index is 591. The average Bonchev–Trinajstić information content (AvgIpc) is 2.57. The topological polar surface area (TPSA) is 66.0 Å². The highest BCUT2D eigenvalue weighted by Gasteiger charge is 2.71. The van der Waals surface area contributed by atoms with Crippen molar-refractivity contribution in [1.29, 1.82) is 0 Å². The van der Waals surface area contributed by atoms with Crippen LogP contribution in [0.25, 0.3) is 0 Å². The summed E-state index contributed by atoms with van der Waals surface area (Å²) in [5.74, 6) is -1.56. The summed E-state index contributed by atoms with van der Waals surface area (Å²) in [4.78, 5) is 12.6. The van der Waals surface area contributed by atoms with E-state index < -0.39 is 61.0 Å². The van der Waals surface area contributed by atoms with Crippen LogP contribution in [-0.2, 0) is 22.5 Å². The van der Waals surface area contributed by atoms with E-state index >= 15 is 0 Å². The lowest BCUT2D eigenvalue weighted by molar-refractivity contribution is -0.306. The fourth-order valence-electron chi connectivity index (χ4n) is 4.08. The zero-order valence-electron chi connectivity index (χ0n) is 22.7. The first-order valence-electron chi connectivity index (χ1n) is 11.3. The quantitative estimate of drug-likeness (QED) is 0.178. The van der Waals surface area contributed by atoms with Gasteiger partial charge in [-0.3, -0.25) is 4.79 Å². The lowest BCUT2D eigenvalue weighted by atomic mass is 9.92. The first-order chi connectivity index (χ1) is 14.4. The van der Waals surface area contributed by atoms with Crippen molar-refractivity contribution in [3.63, 3.8) is 0 Å². The summed E-state index contributed by atoms with van der Waals surface area (Å²) in [6.07, 6.45) is 2.31. The van der Waals surface area contributed by atoms with Gasteiger partial charge in [0.05, 0.1) is 5.54 Å². The smallest absolute Gasteiger partial charge is 0.243 e. The third-order valence-electron chi connectivity index (χ3n) is 5.03. The maximum atomic E-state index is 12.6. The molecule has 186 valence electrons. The number of hydrogen-bond acceptors (Lipinski definition) is 5. The molecule has 0 aromatic heterocycles. The predicted molar refractivity (Wildman–Crippen MR) is 145 cm³/mol. The molecule has 0 aromatic rings. The van der Waals surface area contributed by atoms with Crippen molar-refractivity contribution in [3.05, 3.63) is 12.7 Å². The molecule has 0 unspecified atom stereocenters. The molecule has 0 saturated carbocycles. The lowest BCUT2D eigenvalue weighted by Gasteiger charge is -2.63. The van der Waals surface area contributed by atoms with Crippen molar-refractivity contribution >= 4 is 50.1 Å². The first kappa shape index (κ1) is 32.1. The van der Waals surface area contributed by atoms with E-state index in [1.54, 1.807) is 0 Å². The van der Waals surface area contributed by atoms with Gasteiger partial charge < -0.3 is 23.0 Å². The van der Waals surface area contributed by atoms with E-state index in [1.165, 1.54) is 6.08 Å². The standard InChI is InChI=1S/C21H47NO5Si5/c1-15-17-32(13,14)21(26-30(9)10,27-31(11)12)20(24-28(5)6,25-29(7)8)19(3,4)22-18(23)16-2/h16H,2,15,17H2,1,3-14H3,(H,22,23). The Morgan fingerprint density at radius 3 is 1.53 bits per heavy atom. The number of amides is 1. The maximum absolute atomic E-state index is 12.6. The van der Waals surface area contributed by atoms with Gasteiger partial charge in [0.2, 0.25) is 47.9 Å². The monoisotopic (exact) mass is 533 g/mol. The van der Waals surface area contributed by atoms with Crippen LogP contribution in [0.4, 0.5) is 0 Å². The molecule has 6 nitrogen and oxygen atoms in total. The highest BCUT2D eigenvalue weighted by atomic mass is 28.3. The molecule has 0 atom stereocenters. The van der Waals surface area contributed by atoms with Crippen molar-refractivity contribution in [2.45, 2.75) is 115 Å². The normalized spacial score (nSPS) is 14.0. The minimum absolute atomic E-state index is 0.269. The summed E-state index contributed by atoms with van der Waals surface area (Å²) in [5, 5.41) is 3.13. The molecular weight excluding hydrogens is 487 g/mol. The number of hydrogen-bond donors (Lipinski definition) is 1. The van der Waals surface area contributed by atoms with Crippen LogP contribution in [-0.4, -0.2) is 66.9 Å². The molecule has 0 fully saturated rings. The molecule has 0 aliphatic rings. The highest BCUT2D eigenvalue weighted by Crippen LogP contribution is 2.49. The second kappa shape index (κ2) is 12.7. The Morgan fingerprint density at radius 2 is 1.25 bits per heavy atom. The van der Waals surface area contributed by atoms with Crippen molar-refractivity contribution in [3.8, 4) is 0 Å². The van der Waals surface area contributed by atoms with E-state index in [4.69, 9.17) is 17.7 Å². The van der Waals surface area contributed by atoms with E-state index in [2.05, 4.69) is 84.3 Å². The molecule has 4 radical (unpaired) electrons. The van der Waals surface area contributed by atoms with Gasteiger partial charge in [0.1, 0.15) is 8.07 Å². The maximum Gasteiger partial charge on any atom is 0.243 e. The van der Waals surface area contributed by atoms with Crippen LogP contribution in [0.5, 0.6) is 0 Å². The third kappa shape index (κ3) is 7.57. The number of rotatable bonds is 15. The second-order valence-electron chi connectivity index (χ2n) is 10.2. The molecule has 0 bridgehead atoms. The predicted octanol–water partition coefficient (Wildman–Crippen LogP) is 5.19. The van der Waals surface area contributed by atoms with Gasteiger partial charge in [-0.05, 0) is 72.3 Å². The van der Waals surface area contributed by atoms with Crippen molar-refractivity contribution in [2.24, 2.45) is 0 Å². The third-order valence-corrected chi connectivity index (χ3v) is 12.3. The van der Waals surface area contributed by atoms with E-state index in [9.17, 15) is 4.79 Å². The summed E-state index contributed by atoms with van der Waals surface area (Å²) >= 11 is 0. The Morgan fingerprint density at radius 1 is 0.875 bits per heavy atom. The zero-order valence-corrected chi connectivity index (χ0v) is 27.7. The summed E-state index contributed by atoms with van der Waals surface area (Å²) in [6, 6.07) is 0.988. The number of carbonyl (C=O) groups excluding carboxylic acids is 1. The molecule has 0 aromatic carbocycles. The fraction of sp³-hybridized carbons (Fsp3) is 0.857. The SMILES string of the molecule is C=CC(=O)NC(C)(C)C(O[Si](C)C)(O[Si](C)C)C(O[Si](C)C)(O[Si](C)C)[Si](C)(C)CCC. The molecule has 0 aliphatic carbocycles. The van der Waals surface area contributed by atoms with E-state index in [-0.39, 0.29) is 5.91 Å². The largest absolute Gasteiger partial charge is 0.390 e. The minimum Gasteiger partial charge on any atom is -0.390 e.